The predicted molar refractivity (Wildman–Crippen MR) is 65.7 cm³/mol. The Bertz CT molecular complexity index is 461. The first-order valence-electron chi connectivity index (χ1n) is 4.44. The number of aromatic hydroxyl groups is 1. The van der Waals surface area contributed by atoms with E-state index in [0.717, 1.165) is 11.6 Å². The minimum atomic E-state index is -0.478. The van der Waals surface area contributed by atoms with Gasteiger partial charge in [0.05, 0.1) is 6.04 Å². The van der Waals surface area contributed by atoms with E-state index in [4.69, 9.17) is 10.8 Å². The van der Waals surface area contributed by atoms with Crippen molar-refractivity contribution in [2.45, 2.75) is 6.04 Å². The van der Waals surface area contributed by atoms with Crippen molar-refractivity contribution in [3.05, 3.63) is 52.0 Å². The molecule has 86 valence electrons. The molecule has 0 unspecified atom stereocenters. The maximum atomic E-state index is 13.5. The first kappa shape index (κ1) is 13.0. The number of phenols is 1. The molecule has 1 aromatic heterocycles. The van der Waals surface area contributed by atoms with Crippen molar-refractivity contribution in [3.63, 3.8) is 0 Å². The van der Waals surface area contributed by atoms with Crippen LogP contribution in [0.3, 0.4) is 0 Å². The number of benzene rings is 1. The average molecular weight is 260 g/mol. The average Bonchev–Trinajstić information content (AvgIpc) is 2.69. The van der Waals surface area contributed by atoms with Gasteiger partial charge in [0.2, 0.25) is 0 Å². The van der Waals surface area contributed by atoms with Gasteiger partial charge in [-0.3, -0.25) is 0 Å². The number of phenolic OH excluding ortho intramolecular Hbond substituents is 1. The molecule has 2 rings (SSSR count). The van der Waals surface area contributed by atoms with Crippen LogP contribution in [0.1, 0.15) is 17.2 Å². The lowest BCUT2D eigenvalue weighted by atomic mass is 10.0. The summed E-state index contributed by atoms with van der Waals surface area (Å²) >= 11 is 1.52. The van der Waals surface area contributed by atoms with Crippen LogP contribution in [0, 0.1) is 5.82 Å². The number of rotatable bonds is 2. The summed E-state index contributed by atoms with van der Waals surface area (Å²) in [4.78, 5) is 0. The van der Waals surface area contributed by atoms with Crippen molar-refractivity contribution >= 4 is 23.7 Å². The van der Waals surface area contributed by atoms with Crippen LogP contribution in [0.25, 0.3) is 0 Å². The molecular weight excluding hydrogens is 249 g/mol. The van der Waals surface area contributed by atoms with E-state index >= 15 is 0 Å². The van der Waals surface area contributed by atoms with E-state index < -0.39 is 11.9 Å². The lowest BCUT2D eigenvalue weighted by Gasteiger charge is -2.11. The Morgan fingerprint density at radius 3 is 2.62 bits per heavy atom. The van der Waals surface area contributed by atoms with Crippen molar-refractivity contribution in [2.75, 3.05) is 0 Å². The lowest BCUT2D eigenvalue weighted by Crippen LogP contribution is -2.12. The number of nitrogens with two attached hydrogens (primary N) is 1. The van der Waals surface area contributed by atoms with E-state index in [1.165, 1.54) is 23.5 Å². The highest BCUT2D eigenvalue weighted by atomic mass is 35.5. The van der Waals surface area contributed by atoms with Gasteiger partial charge in [0.1, 0.15) is 11.6 Å². The van der Waals surface area contributed by atoms with E-state index in [9.17, 15) is 4.39 Å². The molecular formula is C11H11ClFNOS. The lowest BCUT2D eigenvalue weighted by molar-refractivity contribution is 0.467. The van der Waals surface area contributed by atoms with Crippen molar-refractivity contribution in [3.8, 4) is 5.75 Å². The van der Waals surface area contributed by atoms with Gasteiger partial charge in [-0.25, -0.2) is 4.39 Å². The van der Waals surface area contributed by atoms with E-state index in [2.05, 4.69) is 0 Å². The fraction of sp³-hybridized carbons (Fsp3) is 0.0909. The van der Waals surface area contributed by atoms with Crippen LogP contribution >= 0.6 is 23.7 Å². The summed E-state index contributed by atoms with van der Waals surface area (Å²) in [5.74, 6) is -0.567. The zero-order valence-corrected chi connectivity index (χ0v) is 9.89. The topological polar surface area (TPSA) is 46.2 Å². The summed E-state index contributed by atoms with van der Waals surface area (Å²) < 4.78 is 13.5. The molecule has 0 aliphatic rings. The zero-order chi connectivity index (χ0) is 10.8. The number of hydrogen-bond acceptors (Lipinski definition) is 3. The molecule has 3 N–H and O–H groups in total. The van der Waals surface area contributed by atoms with Crippen molar-refractivity contribution in [2.24, 2.45) is 5.73 Å². The Morgan fingerprint density at radius 1 is 1.31 bits per heavy atom. The molecule has 16 heavy (non-hydrogen) atoms. The standard InChI is InChI=1S/C11H10FNOS.ClH/c12-10-5-8(14)1-2-9(10)11(13)7-3-4-15-6-7;/h1-6,11,14H,13H2;1H/t11-;/m0./s1. The third-order valence-corrected chi connectivity index (χ3v) is 2.92. The first-order chi connectivity index (χ1) is 7.18. The van der Waals surface area contributed by atoms with Crippen LogP contribution in [0.2, 0.25) is 0 Å². The van der Waals surface area contributed by atoms with Crippen molar-refractivity contribution in [1.29, 1.82) is 0 Å². The van der Waals surface area contributed by atoms with Crippen LogP contribution < -0.4 is 5.73 Å². The van der Waals surface area contributed by atoms with E-state index in [1.54, 1.807) is 0 Å². The Kier molecular flexibility index (Phi) is 4.29. The molecule has 0 radical (unpaired) electrons. The van der Waals surface area contributed by atoms with Crippen LogP contribution in [-0.4, -0.2) is 5.11 Å². The van der Waals surface area contributed by atoms with E-state index in [0.29, 0.717) is 5.56 Å². The molecule has 1 aromatic carbocycles. The second-order valence-corrected chi connectivity index (χ2v) is 4.02. The maximum absolute atomic E-state index is 13.5. The van der Waals surface area contributed by atoms with E-state index in [-0.39, 0.29) is 18.2 Å². The highest BCUT2D eigenvalue weighted by molar-refractivity contribution is 7.08. The normalized spacial score (nSPS) is 11.9. The molecule has 0 saturated carbocycles. The molecule has 0 saturated heterocycles. The molecule has 0 amide bonds. The van der Waals surface area contributed by atoms with Gasteiger partial charge in [-0.2, -0.15) is 11.3 Å². The Hall–Kier alpha value is -1.10. The molecule has 1 heterocycles. The van der Waals surface area contributed by atoms with Gasteiger partial charge >= 0.3 is 0 Å². The van der Waals surface area contributed by atoms with Gasteiger partial charge in [-0.05, 0) is 28.5 Å². The highest BCUT2D eigenvalue weighted by Gasteiger charge is 2.13. The quantitative estimate of drug-likeness (QED) is 0.871. The van der Waals surface area contributed by atoms with Crippen molar-refractivity contribution < 1.29 is 9.50 Å². The second kappa shape index (κ2) is 5.30. The summed E-state index contributed by atoms with van der Waals surface area (Å²) in [5, 5.41) is 12.9. The summed E-state index contributed by atoms with van der Waals surface area (Å²) in [6.07, 6.45) is 0. The third-order valence-electron chi connectivity index (χ3n) is 2.22. The predicted octanol–water partition coefficient (Wildman–Crippen LogP) is 3.06. The van der Waals surface area contributed by atoms with Gasteiger partial charge in [0, 0.05) is 11.6 Å². The number of thiophene rings is 1. The molecule has 2 aromatic rings. The van der Waals surface area contributed by atoms with Gasteiger partial charge < -0.3 is 10.8 Å². The Balaban J connectivity index is 0.00000128. The highest BCUT2D eigenvalue weighted by Crippen LogP contribution is 2.25. The third kappa shape index (κ3) is 2.52. The number of halogens is 2. The molecule has 0 fully saturated rings. The largest absolute Gasteiger partial charge is 0.508 e. The molecule has 0 bridgehead atoms. The SMILES string of the molecule is Cl.N[C@@H](c1ccsc1)c1ccc(O)cc1F. The Morgan fingerprint density at radius 2 is 2.06 bits per heavy atom. The number of hydrogen-bond donors (Lipinski definition) is 2. The van der Waals surface area contributed by atoms with Crippen LogP contribution in [0.5, 0.6) is 5.75 Å². The molecule has 0 aliphatic carbocycles. The summed E-state index contributed by atoms with van der Waals surface area (Å²) in [6.45, 7) is 0. The Labute approximate surface area is 103 Å². The summed E-state index contributed by atoms with van der Waals surface area (Å²) in [5.41, 5.74) is 7.17. The van der Waals surface area contributed by atoms with Gasteiger partial charge in [0.25, 0.3) is 0 Å². The van der Waals surface area contributed by atoms with Gasteiger partial charge in [-0.1, -0.05) is 6.07 Å². The fourth-order valence-corrected chi connectivity index (χ4v) is 2.10. The van der Waals surface area contributed by atoms with Crippen LogP contribution in [-0.2, 0) is 0 Å². The molecule has 0 aliphatic heterocycles. The molecule has 2 nitrogen and oxygen atoms in total. The fourth-order valence-electron chi connectivity index (χ4n) is 1.40. The van der Waals surface area contributed by atoms with Gasteiger partial charge in [0.15, 0.2) is 0 Å². The van der Waals surface area contributed by atoms with E-state index in [1.807, 2.05) is 16.8 Å². The summed E-state index contributed by atoms with van der Waals surface area (Å²) in [6, 6.07) is 5.40. The second-order valence-electron chi connectivity index (χ2n) is 3.24. The first-order valence-corrected chi connectivity index (χ1v) is 5.39. The van der Waals surface area contributed by atoms with Crippen LogP contribution in [0.15, 0.2) is 35.0 Å². The summed E-state index contributed by atoms with van der Waals surface area (Å²) in [7, 11) is 0. The maximum Gasteiger partial charge on any atom is 0.131 e. The smallest absolute Gasteiger partial charge is 0.131 e. The zero-order valence-electron chi connectivity index (χ0n) is 8.26. The van der Waals surface area contributed by atoms with Crippen molar-refractivity contribution in [1.82, 2.24) is 0 Å². The minimum absolute atomic E-state index is 0. The molecule has 1 atom stereocenters. The molecule has 5 heteroatoms. The van der Waals surface area contributed by atoms with Crippen LogP contribution in [0.4, 0.5) is 4.39 Å². The minimum Gasteiger partial charge on any atom is -0.508 e. The monoisotopic (exact) mass is 259 g/mol. The van der Waals surface area contributed by atoms with Gasteiger partial charge in [-0.15, -0.1) is 12.4 Å². The molecule has 0 spiro atoms.